The molecule has 0 spiro atoms. The Morgan fingerprint density at radius 1 is 0.375 bits per heavy atom. The van der Waals surface area contributed by atoms with Crippen molar-refractivity contribution in [1.82, 2.24) is 4.57 Å². The minimum absolute atomic E-state index is 0.898. The highest BCUT2D eigenvalue weighted by Gasteiger charge is 2.23. The molecule has 300 valence electrons. The molecule has 0 aliphatic carbocycles. The molecule has 0 aliphatic heterocycles. The zero-order valence-electron chi connectivity index (χ0n) is 34.7. The SMILES string of the molecule is c1ccc(-c2ccc(N(c3ccc(-c4ccccc4)cc3)c3ccc(-c4cc5c6ccccc6n(-c6ccc7oc8ccccc8c7c6)c5c5c4sc4ccccc45)cc3)cc2)cc1. The summed E-state index contributed by atoms with van der Waals surface area (Å²) in [6, 6.07) is 83.3. The van der Waals surface area contributed by atoms with Crippen LogP contribution in [0, 0.1) is 0 Å². The van der Waals surface area contributed by atoms with E-state index < -0.39 is 0 Å². The molecule has 0 bridgehead atoms. The third-order valence-corrected chi connectivity index (χ3v) is 14.0. The van der Waals surface area contributed by atoms with Gasteiger partial charge >= 0.3 is 0 Å². The molecule has 4 heteroatoms. The van der Waals surface area contributed by atoms with Crippen LogP contribution in [0.5, 0.6) is 0 Å². The van der Waals surface area contributed by atoms with Crippen LogP contribution in [0.3, 0.4) is 0 Å². The number of hydrogen-bond donors (Lipinski definition) is 0. The fourth-order valence-corrected chi connectivity index (χ4v) is 11.0. The lowest BCUT2D eigenvalue weighted by Crippen LogP contribution is -2.09. The lowest BCUT2D eigenvalue weighted by molar-refractivity contribution is 0.669. The summed E-state index contributed by atoms with van der Waals surface area (Å²) in [6.45, 7) is 0. The van der Waals surface area contributed by atoms with Crippen LogP contribution in [0.25, 0.3) is 103 Å². The molecule has 0 unspecified atom stereocenters. The highest BCUT2D eigenvalue weighted by molar-refractivity contribution is 7.26. The minimum Gasteiger partial charge on any atom is -0.456 e. The second-order valence-corrected chi connectivity index (χ2v) is 17.5. The maximum absolute atomic E-state index is 6.29. The third kappa shape index (κ3) is 5.88. The molecular weight excluding hydrogens is 797 g/mol. The quantitative estimate of drug-likeness (QED) is 0.159. The lowest BCUT2D eigenvalue weighted by atomic mass is 9.98. The van der Waals surface area contributed by atoms with Gasteiger partial charge in [0.25, 0.3) is 0 Å². The monoisotopic (exact) mass is 834 g/mol. The van der Waals surface area contributed by atoms with Crippen LogP contribution < -0.4 is 4.90 Å². The minimum atomic E-state index is 0.898. The first-order valence-corrected chi connectivity index (χ1v) is 22.6. The predicted octanol–water partition coefficient (Wildman–Crippen LogP) is 17.5. The van der Waals surface area contributed by atoms with E-state index >= 15 is 0 Å². The van der Waals surface area contributed by atoms with E-state index in [1.165, 1.54) is 75.4 Å². The Morgan fingerprint density at radius 2 is 0.891 bits per heavy atom. The van der Waals surface area contributed by atoms with Crippen molar-refractivity contribution in [3.05, 3.63) is 231 Å². The van der Waals surface area contributed by atoms with E-state index in [2.05, 4.69) is 234 Å². The summed E-state index contributed by atoms with van der Waals surface area (Å²) >= 11 is 1.88. The molecule has 0 N–H and O–H groups in total. The van der Waals surface area contributed by atoms with Gasteiger partial charge < -0.3 is 13.9 Å². The number of thiophene rings is 1. The molecule has 0 aliphatic rings. The molecule has 13 rings (SSSR count). The molecule has 0 atom stereocenters. The topological polar surface area (TPSA) is 21.3 Å². The van der Waals surface area contributed by atoms with Crippen molar-refractivity contribution < 1.29 is 4.42 Å². The summed E-state index contributed by atoms with van der Waals surface area (Å²) < 4.78 is 11.3. The second-order valence-electron chi connectivity index (χ2n) is 16.5. The number of benzene rings is 10. The van der Waals surface area contributed by atoms with Crippen LogP contribution in [-0.4, -0.2) is 4.57 Å². The van der Waals surface area contributed by atoms with Crippen LogP contribution in [0.2, 0.25) is 0 Å². The number of aromatic nitrogens is 1. The van der Waals surface area contributed by atoms with E-state index in [1.807, 2.05) is 17.4 Å². The Hall–Kier alpha value is -8.18. The summed E-state index contributed by atoms with van der Waals surface area (Å²) in [4.78, 5) is 2.36. The highest BCUT2D eigenvalue weighted by atomic mass is 32.1. The molecule has 64 heavy (non-hydrogen) atoms. The van der Waals surface area contributed by atoms with E-state index in [9.17, 15) is 0 Å². The van der Waals surface area contributed by atoms with Gasteiger partial charge in [-0.2, -0.15) is 0 Å². The zero-order chi connectivity index (χ0) is 42.1. The summed E-state index contributed by atoms with van der Waals surface area (Å²) in [7, 11) is 0. The average molecular weight is 835 g/mol. The molecule has 10 aromatic carbocycles. The zero-order valence-corrected chi connectivity index (χ0v) is 35.5. The Bertz CT molecular complexity index is 3780. The molecule has 0 fully saturated rings. The maximum atomic E-state index is 6.29. The Morgan fingerprint density at radius 3 is 1.55 bits per heavy atom. The van der Waals surface area contributed by atoms with Gasteiger partial charge in [0, 0.05) is 70.0 Å². The normalized spacial score (nSPS) is 11.8. The summed E-state index contributed by atoms with van der Waals surface area (Å²) in [5.74, 6) is 0. The molecule has 0 radical (unpaired) electrons. The molecule has 3 heterocycles. The number of fused-ring (bicyclic) bond motifs is 10. The van der Waals surface area contributed by atoms with Gasteiger partial charge in [-0.25, -0.2) is 0 Å². The molecule has 0 saturated carbocycles. The van der Waals surface area contributed by atoms with Crippen LogP contribution in [0.4, 0.5) is 17.1 Å². The van der Waals surface area contributed by atoms with Gasteiger partial charge in [0.05, 0.1) is 11.0 Å². The fourth-order valence-electron chi connectivity index (χ4n) is 9.78. The number of hydrogen-bond acceptors (Lipinski definition) is 3. The van der Waals surface area contributed by atoms with Crippen molar-refractivity contribution in [3.63, 3.8) is 0 Å². The maximum Gasteiger partial charge on any atom is 0.135 e. The van der Waals surface area contributed by atoms with Gasteiger partial charge in [-0.15, -0.1) is 11.3 Å². The van der Waals surface area contributed by atoms with Gasteiger partial charge in [-0.1, -0.05) is 152 Å². The van der Waals surface area contributed by atoms with E-state index in [0.717, 1.165) is 44.7 Å². The van der Waals surface area contributed by atoms with Crippen molar-refractivity contribution in [2.24, 2.45) is 0 Å². The molecule has 0 amide bonds. The van der Waals surface area contributed by atoms with Crippen molar-refractivity contribution in [2.45, 2.75) is 0 Å². The van der Waals surface area contributed by atoms with Crippen molar-refractivity contribution in [3.8, 4) is 39.1 Å². The van der Waals surface area contributed by atoms with Crippen molar-refractivity contribution in [2.75, 3.05) is 4.90 Å². The van der Waals surface area contributed by atoms with Crippen LogP contribution in [0.1, 0.15) is 0 Å². The molecule has 3 aromatic heterocycles. The number of nitrogens with zero attached hydrogens (tertiary/aromatic N) is 2. The van der Waals surface area contributed by atoms with Gasteiger partial charge in [-0.3, -0.25) is 0 Å². The smallest absolute Gasteiger partial charge is 0.135 e. The van der Waals surface area contributed by atoms with E-state index in [-0.39, 0.29) is 0 Å². The van der Waals surface area contributed by atoms with Gasteiger partial charge in [0.1, 0.15) is 11.2 Å². The van der Waals surface area contributed by atoms with Gasteiger partial charge in [0.15, 0.2) is 0 Å². The first-order valence-electron chi connectivity index (χ1n) is 21.7. The van der Waals surface area contributed by atoms with Crippen LogP contribution in [0.15, 0.2) is 235 Å². The lowest BCUT2D eigenvalue weighted by Gasteiger charge is -2.26. The van der Waals surface area contributed by atoms with E-state index in [4.69, 9.17) is 4.42 Å². The second kappa shape index (κ2) is 14.7. The molecule has 13 aromatic rings. The van der Waals surface area contributed by atoms with Crippen LogP contribution >= 0.6 is 11.3 Å². The highest BCUT2D eigenvalue weighted by Crippen LogP contribution is 2.48. The third-order valence-electron chi connectivity index (χ3n) is 12.8. The Balaban J connectivity index is 0.981. The standard InChI is InChI=1S/C60H38N2OS/c1-3-13-39(14-4-1)41-23-29-44(30-24-41)61(45-31-25-42(26-32-45)40-15-5-2-6-16-40)46-33-27-43(28-34-46)51-38-53-48-17-7-10-20-54(48)62(59(53)58-50-19-9-12-22-57(50)64-60(51)58)47-35-36-56-52(37-47)49-18-8-11-21-55(49)63-56/h1-38H. The summed E-state index contributed by atoms with van der Waals surface area (Å²) in [5, 5.41) is 7.27. The fraction of sp³-hybridized carbons (Fsp3) is 0. The van der Waals surface area contributed by atoms with Crippen molar-refractivity contribution >= 4 is 92.3 Å². The Kier molecular flexibility index (Phi) is 8.40. The van der Waals surface area contributed by atoms with E-state index in [0.29, 0.717) is 0 Å². The molecule has 0 saturated heterocycles. The number of furan rings is 1. The molecule has 3 nitrogen and oxygen atoms in total. The van der Waals surface area contributed by atoms with Gasteiger partial charge in [0.2, 0.25) is 0 Å². The van der Waals surface area contributed by atoms with Crippen molar-refractivity contribution in [1.29, 1.82) is 0 Å². The number of rotatable bonds is 7. The van der Waals surface area contributed by atoms with Crippen LogP contribution in [-0.2, 0) is 0 Å². The number of anilines is 3. The average Bonchev–Trinajstić information content (AvgIpc) is 4.05. The first-order chi connectivity index (χ1) is 31.7. The summed E-state index contributed by atoms with van der Waals surface area (Å²) in [5.41, 5.74) is 15.8. The first kappa shape index (κ1) is 36.5. The Labute approximate surface area is 373 Å². The molecular formula is C60H38N2OS. The summed E-state index contributed by atoms with van der Waals surface area (Å²) in [6.07, 6.45) is 0. The predicted molar refractivity (Wildman–Crippen MR) is 272 cm³/mol. The largest absolute Gasteiger partial charge is 0.456 e. The van der Waals surface area contributed by atoms with Gasteiger partial charge in [-0.05, 0) is 107 Å². The number of para-hydroxylation sites is 2. The van der Waals surface area contributed by atoms with E-state index in [1.54, 1.807) is 0 Å².